The zero-order valence-corrected chi connectivity index (χ0v) is 10.6. The minimum atomic E-state index is -1.44. The molecule has 0 aliphatic heterocycles. The van der Waals surface area contributed by atoms with Crippen molar-refractivity contribution in [1.29, 1.82) is 0 Å². The van der Waals surface area contributed by atoms with E-state index in [0.717, 1.165) is 0 Å². The monoisotopic (exact) mass is 260 g/mol. The summed E-state index contributed by atoms with van der Waals surface area (Å²) in [6.45, 7) is 5.23. The normalized spacial score (nSPS) is 12.8. The second-order valence-electron chi connectivity index (χ2n) is 4.36. The highest BCUT2D eigenvalue weighted by Crippen LogP contribution is 2.25. The Morgan fingerprint density at radius 2 is 2.22 bits per heavy atom. The number of hydrogen-bond donors (Lipinski definition) is 2. The summed E-state index contributed by atoms with van der Waals surface area (Å²) in [6, 6.07) is 0. The van der Waals surface area contributed by atoms with E-state index in [2.05, 4.69) is 15.4 Å². The van der Waals surface area contributed by atoms with E-state index >= 15 is 0 Å². The summed E-state index contributed by atoms with van der Waals surface area (Å²) in [7, 11) is 0. The molecule has 18 heavy (non-hydrogen) atoms. The first kappa shape index (κ1) is 14.6. The molecule has 0 bridgehead atoms. The summed E-state index contributed by atoms with van der Waals surface area (Å²) < 4.78 is 18.2. The Balaban J connectivity index is 2.90. The lowest BCUT2D eigenvalue weighted by molar-refractivity contribution is -0.256. The Morgan fingerprint density at radius 3 is 2.72 bits per heavy atom. The molecule has 0 aliphatic rings. The second kappa shape index (κ2) is 6.46. The number of carbonyl (C=O) groups excluding carboxylic acids is 1. The predicted molar refractivity (Wildman–Crippen MR) is 60.6 cm³/mol. The van der Waals surface area contributed by atoms with Crippen LogP contribution in [0.2, 0.25) is 0 Å². The van der Waals surface area contributed by atoms with Crippen LogP contribution in [0.25, 0.3) is 0 Å². The van der Waals surface area contributed by atoms with E-state index < -0.39 is 12.1 Å². The van der Waals surface area contributed by atoms with Gasteiger partial charge in [-0.2, -0.15) is 0 Å². The summed E-state index contributed by atoms with van der Waals surface area (Å²) in [5.41, 5.74) is -0.108. The molecule has 0 aromatic carbocycles. The summed E-state index contributed by atoms with van der Waals surface area (Å²) in [6.07, 6.45) is -1.44. The number of nitrogens with one attached hydrogen (secondary N) is 1. The Labute approximate surface area is 104 Å². The number of aromatic nitrogens is 1. The Kier molecular flexibility index (Phi) is 5.24. The van der Waals surface area contributed by atoms with Crippen molar-refractivity contribution in [3.63, 3.8) is 0 Å². The molecule has 0 spiro atoms. The third kappa shape index (κ3) is 3.51. The Morgan fingerprint density at radius 1 is 1.56 bits per heavy atom. The molecular weight excluding hydrogens is 243 g/mol. The fourth-order valence-corrected chi connectivity index (χ4v) is 1.45. The molecule has 0 aliphatic carbocycles. The standard InChI is InChI=1S/C11H17FN2O4/c1-6(2)4-13-11(15)10-9(7(3)12)8(5-17-16)18-14-10/h6-7,16H,4-5H2,1-3H3,(H,13,15). The van der Waals surface area contributed by atoms with Gasteiger partial charge in [0.15, 0.2) is 11.5 Å². The molecule has 1 rings (SSSR count). The van der Waals surface area contributed by atoms with Crippen LogP contribution in [0.1, 0.15) is 48.8 Å². The van der Waals surface area contributed by atoms with Crippen molar-refractivity contribution < 1.29 is 23.9 Å². The highest BCUT2D eigenvalue weighted by molar-refractivity contribution is 5.93. The smallest absolute Gasteiger partial charge is 0.273 e. The summed E-state index contributed by atoms with van der Waals surface area (Å²) in [5, 5.41) is 14.5. The van der Waals surface area contributed by atoms with Crippen LogP contribution in [0.15, 0.2) is 4.52 Å². The molecule has 0 saturated carbocycles. The first-order chi connectivity index (χ1) is 8.47. The molecule has 0 radical (unpaired) electrons. The lowest BCUT2D eigenvalue weighted by Gasteiger charge is -2.07. The van der Waals surface area contributed by atoms with Gasteiger partial charge < -0.3 is 9.84 Å². The molecule has 1 aromatic rings. The summed E-state index contributed by atoms with van der Waals surface area (Å²) in [4.78, 5) is 15.7. The van der Waals surface area contributed by atoms with Gasteiger partial charge in [-0.15, -0.1) is 0 Å². The van der Waals surface area contributed by atoms with Crippen LogP contribution >= 0.6 is 0 Å². The largest absolute Gasteiger partial charge is 0.358 e. The van der Waals surface area contributed by atoms with Gasteiger partial charge in [0.05, 0.1) is 5.56 Å². The van der Waals surface area contributed by atoms with Crippen LogP contribution < -0.4 is 5.32 Å². The maximum atomic E-state index is 13.5. The molecule has 7 heteroatoms. The topological polar surface area (TPSA) is 84.6 Å². The van der Waals surface area contributed by atoms with Crippen LogP contribution in [0.4, 0.5) is 4.39 Å². The predicted octanol–water partition coefficient (Wildman–Crippen LogP) is 2.08. The van der Waals surface area contributed by atoms with Gasteiger partial charge in [0.25, 0.3) is 5.91 Å². The Bertz CT molecular complexity index is 404. The molecule has 1 amide bonds. The fourth-order valence-electron chi connectivity index (χ4n) is 1.45. The zero-order chi connectivity index (χ0) is 13.7. The van der Waals surface area contributed by atoms with E-state index in [9.17, 15) is 9.18 Å². The fraction of sp³-hybridized carbons (Fsp3) is 0.636. The van der Waals surface area contributed by atoms with Gasteiger partial charge in [-0.3, -0.25) is 10.1 Å². The molecule has 2 N–H and O–H groups in total. The van der Waals surface area contributed by atoms with Crippen molar-refractivity contribution in [3.8, 4) is 0 Å². The molecule has 0 saturated heterocycles. The molecule has 102 valence electrons. The quantitative estimate of drug-likeness (QED) is 0.604. The number of halogens is 1. The lowest BCUT2D eigenvalue weighted by Crippen LogP contribution is -2.28. The second-order valence-corrected chi connectivity index (χ2v) is 4.36. The molecule has 1 atom stereocenters. The average Bonchev–Trinajstić information content (AvgIpc) is 2.70. The van der Waals surface area contributed by atoms with Gasteiger partial charge in [0, 0.05) is 6.54 Å². The number of carbonyl (C=O) groups is 1. The van der Waals surface area contributed by atoms with Crippen molar-refractivity contribution in [3.05, 3.63) is 17.0 Å². The van der Waals surface area contributed by atoms with Gasteiger partial charge in [0.2, 0.25) is 0 Å². The maximum Gasteiger partial charge on any atom is 0.273 e. The first-order valence-corrected chi connectivity index (χ1v) is 5.64. The van der Waals surface area contributed by atoms with Gasteiger partial charge in [-0.25, -0.2) is 9.28 Å². The number of nitrogens with zero attached hydrogens (tertiary/aromatic N) is 1. The van der Waals surface area contributed by atoms with Crippen LogP contribution in [0.5, 0.6) is 0 Å². The number of alkyl halides is 1. The van der Waals surface area contributed by atoms with Gasteiger partial charge in [0.1, 0.15) is 12.8 Å². The van der Waals surface area contributed by atoms with E-state index in [1.807, 2.05) is 13.8 Å². The minimum Gasteiger partial charge on any atom is -0.358 e. The molecule has 1 unspecified atom stereocenters. The third-order valence-electron chi connectivity index (χ3n) is 2.28. The minimum absolute atomic E-state index is 0.00203. The van der Waals surface area contributed by atoms with Gasteiger partial charge in [-0.05, 0) is 12.8 Å². The lowest BCUT2D eigenvalue weighted by atomic mass is 10.1. The average molecular weight is 260 g/mol. The van der Waals surface area contributed by atoms with Crippen LogP contribution in [0, 0.1) is 5.92 Å². The van der Waals surface area contributed by atoms with Crippen LogP contribution in [0.3, 0.4) is 0 Å². The highest BCUT2D eigenvalue weighted by atomic mass is 19.1. The van der Waals surface area contributed by atoms with Crippen LogP contribution in [-0.2, 0) is 11.5 Å². The van der Waals surface area contributed by atoms with E-state index in [1.165, 1.54) is 6.92 Å². The molecule has 0 fully saturated rings. The van der Waals surface area contributed by atoms with Gasteiger partial charge >= 0.3 is 0 Å². The van der Waals surface area contributed by atoms with E-state index in [1.54, 1.807) is 0 Å². The van der Waals surface area contributed by atoms with Crippen LogP contribution in [-0.4, -0.2) is 22.9 Å². The van der Waals surface area contributed by atoms with Crippen molar-refractivity contribution >= 4 is 5.91 Å². The van der Waals surface area contributed by atoms with Crippen molar-refractivity contribution in [1.82, 2.24) is 10.5 Å². The Hall–Kier alpha value is -1.47. The van der Waals surface area contributed by atoms with Crippen molar-refractivity contribution in [2.75, 3.05) is 6.54 Å². The van der Waals surface area contributed by atoms with Gasteiger partial charge in [-0.1, -0.05) is 19.0 Å². The number of rotatable bonds is 6. The molecule has 6 nitrogen and oxygen atoms in total. The number of amides is 1. The SMILES string of the molecule is CC(C)CNC(=O)c1noc(COO)c1C(C)F. The third-order valence-corrected chi connectivity index (χ3v) is 2.28. The van der Waals surface area contributed by atoms with Crippen molar-refractivity contribution in [2.24, 2.45) is 5.92 Å². The highest BCUT2D eigenvalue weighted by Gasteiger charge is 2.26. The molecular formula is C11H17FN2O4. The van der Waals surface area contributed by atoms with E-state index in [-0.39, 0.29) is 29.5 Å². The van der Waals surface area contributed by atoms with Crippen molar-refractivity contribution in [2.45, 2.75) is 33.5 Å². The summed E-state index contributed by atoms with van der Waals surface area (Å²) in [5.74, 6) is -0.231. The van der Waals surface area contributed by atoms with E-state index in [4.69, 9.17) is 9.78 Å². The first-order valence-electron chi connectivity index (χ1n) is 5.64. The molecule has 1 aromatic heterocycles. The maximum absolute atomic E-state index is 13.5. The molecule has 1 heterocycles. The van der Waals surface area contributed by atoms with E-state index in [0.29, 0.717) is 6.54 Å². The number of hydrogen-bond acceptors (Lipinski definition) is 5. The zero-order valence-electron chi connectivity index (χ0n) is 10.6. The summed E-state index contributed by atoms with van der Waals surface area (Å²) >= 11 is 0.